The number of methoxy groups -OCH3 is 2. The Labute approximate surface area is 176 Å². The summed E-state index contributed by atoms with van der Waals surface area (Å²) in [4.78, 5) is 27.6. The molecule has 1 N–H and O–H groups in total. The maximum absolute atomic E-state index is 12.5. The van der Waals surface area contributed by atoms with E-state index in [0.717, 1.165) is 5.56 Å². The third-order valence-electron chi connectivity index (χ3n) is 4.12. The number of carbonyl (C=O) groups is 1. The molecule has 0 unspecified atom stereocenters. The molecule has 0 aliphatic carbocycles. The second-order valence-electron chi connectivity index (χ2n) is 5.93. The molecule has 30 heavy (non-hydrogen) atoms. The Morgan fingerprint density at radius 2 is 1.87 bits per heavy atom. The fraction of sp³-hybridized carbons (Fsp3) is 0.200. The number of carbonyl (C=O) groups excluding carboxylic acids is 1. The molecule has 9 nitrogen and oxygen atoms in total. The Morgan fingerprint density at radius 3 is 2.53 bits per heavy atom. The van der Waals surface area contributed by atoms with Crippen LogP contribution < -0.4 is 19.5 Å². The summed E-state index contributed by atoms with van der Waals surface area (Å²) in [6.45, 7) is 2.01. The molecule has 2 aromatic carbocycles. The number of anilines is 1. The zero-order valence-corrected chi connectivity index (χ0v) is 17.3. The molecule has 0 saturated heterocycles. The van der Waals surface area contributed by atoms with E-state index in [-0.39, 0.29) is 23.6 Å². The average Bonchev–Trinajstić information content (AvgIpc) is 3.21. The second kappa shape index (κ2) is 9.23. The van der Waals surface area contributed by atoms with Crippen molar-refractivity contribution in [2.75, 3.05) is 26.1 Å². The van der Waals surface area contributed by atoms with Crippen molar-refractivity contribution in [3.05, 3.63) is 57.5 Å². The van der Waals surface area contributed by atoms with Crippen LogP contribution in [-0.4, -0.2) is 36.6 Å². The first-order chi connectivity index (χ1) is 14.5. The number of nitro groups is 1. The van der Waals surface area contributed by atoms with Crippen LogP contribution >= 0.6 is 11.3 Å². The quantitative estimate of drug-likeness (QED) is 0.417. The summed E-state index contributed by atoms with van der Waals surface area (Å²) in [5, 5.41) is 16.1. The number of ether oxygens (including phenoxy) is 3. The normalized spacial score (nSPS) is 10.4. The Morgan fingerprint density at radius 1 is 1.13 bits per heavy atom. The molecule has 3 rings (SSSR count). The van der Waals surface area contributed by atoms with E-state index in [1.165, 1.54) is 29.5 Å². The van der Waals surface area contributed by atoms with Gasteiger partial charge in [-0.3, -0.25) is 20.2 Å². The highest BCUT2D eigenvalue weighted by Crippen LogP contribution is 2.34. The van der Waals surface area contributed by atoms with Crippen LogP contribution in [0.5, 0.6) is 17.2 Å². The number of aromatic nitrogens is 1. The summed E-state index contributed by atoms with van der Waals surface area (Å²) in [6, 6.07) is 9.45. The third kappa shape index (κ3) is 4.49. The van der Waals surface area contributed by atoms with Crippen LogP contribution in [0.25, 0.3) is 11.3 Å². The molecular weight excluding hydrogens is 410 g/mol. The minimum Gasteiger partial charge on any atom is -0.493 e. The van der Waals surface area contributed by atoms with Crippen LogP contribution in [0.4, 0.5) is 10.8 Å². The standard InChI is InChI=1S/C20H19N3O6S/c1-4-29-16-7-6-13(9-15(16)23(25)26)19(24)22-20-21-14(11-30-20)12-5-8-17(27-2)18(10-12)28-3/h5-11H,4H2,1-3H3,(H,21,22,24). The van der Waals surface area contributed by atoms with Crippen molar-refractivity contribution in [1.29, 1.82) is 0 Å². The van der Waals surface area contributed by atoms with E-state index in [1.807, 2.05) is 6.07 Å². The molecule has 1 heterocycles. The van der Waals surface area contributed by atoms with E-state index in [0.29, 0.717) is 22.3 Å². The first-order valence-corrected chi connectivity index (χ1v) is 9.75. The van der Waals surface area contributed by atoms with Crippen molar-refractivity contribution in [3.63, 3.8) is 0 Å². The molecule has 10 heteroatoms. The topological polar surface area (TPSA) is 113 Å². The first kappa shape index (κ1) is 21.1. The molecule has 0 atom stereocenters. The maximum atomic E-state index is 12.5. The molecule has 0 radical (unpaired) electrons. The highest BCUT2D eigenvalue weighted by atomic mass is 32.1. The Kier molecular flexibility index (Phi) is 6.48. The van der Waals surface area contributed by atoms with Crippen LogP contribution in [0.1, 0.15) is 17.3 Å². The van der Waals surface area contributed by atoms with Crippen molar-refractivity contribution in [3.8, 4) is 28.5 Å². The molecule has 0 bridgehead atoms. The number of amides is 1. The van der Waals surface area contributed by atoms with Crippen LogP contribution in [0, 0.1) is 10.1 Å². The van der Waals surface area contributed by atoms with Crippen molar-refractivity contribution in [2.24, 2.45) is 0 Å². The van der Waals surface area contributed by atoms with Gasteiger partial charge in [0.05, 0.1) is 31.4 Å². The highest BCUT2D eigenvalue weighted by Gasteiger charge is 2.19. The molecule has 0 aliphatic heterocycles. The van der Waals surface area contributed by atoms with Gasteiger partial charge in [-0.25, -0.2) is 4.98 Å². The minimum atomic E-state index is -0.583. The molecule has 156 valence electrons. The number of nitro benzene ring substituents is 1. The highest BCUT2D eigenvalue weighted by molar-refractivity contribution is 7.14. The summed E-state index contributed by atoms with van der Waals surface area (Å²) in [5.41, 5.74) is 1.30. The number of benzene rings is 2. The number of nitrogens with zero attached hydrogens (tertiary/aromatic N) is 2. The zero-order valence-electron chi connectivity index (χ0n) is 16.5. The molecule has 0 aliphatic rings. The SMILES string of the molecule is CCOc1ccc(C(=O)Nc2nc(-c3ccc(OC)c(OC)c3)cs2)cc1[N+](=O)[O-]. The fourth-order valence-corrected chi connectivity index (χ4v) is 3.42. The lowest BCUT2D eigenvalue weighted by Crippen LogP contribution is -2.12. The van der Waals surface area contributed by atoms with E-state index in [4.69, 9.17) is 14.2 Å². The van der Waals surface area contributed by atoms with Crippen molar-refractivity contribution >= 4 is 28.1 Å². The van der Waals surface area contributed by atoms with E-state index in [2.05, 4.69) is 10.3 Å². The molecule has 3 aromatic rings. The van der Waals surface area contributed by atoms with Crippen LogP contribution in [0.15, 0.2) is 41.8 Å². The van der Waals surface area contributed by atoms with Crippen LogP contribution in [0.3, 0.4) is 0 Å². The van der Waals surface area contributed by atoms with Gasteiger partial charge < -0.3 is 14.2 Å². The van der Waals surface area contributed by atoms with Gasteiger partial charge in [-0.15, -0.1) is 11.3 Å². The third-order valence-corrected chi connectivity index (χ3v) is 4.88. The van der Waals surface area contributed by atoms with Gasteiger partial charge in [0, 0.05) is 22.6 Å². The lowest BCUT2D eigenvalue weighted by molar-refractivity contribution is -0.385. The van der Waals surface area contributed by atoms with Gasteiger partial charge in [0.25, 0.3) is 5.91 Å². The lowest BCUT2D eigenvalue weighted by atomic mass is 10.1. The van der Waals surface area contributed by atoms with Crippen LogP contribution in [-0.2, 0) is 0 Å². The van der Waals surface area contributed by atoms with Crippen molar-refractivity contribution < 1.29 is 23.9 Å². The van der Waals surface area contributed by atoms with Crippen molar-refractivity contribution in [2.45, 2.75) is 6.92 Å². The van der Waals surface area contributed by atoms with E-state index in [9.17, 15) is 14.9 Å². The number of nitrogens with one attached hydrogen (secondary N) is 1. The van der Waals surface area contributed by atoms with Gasteiger partial charge in [0.1, 0.15) is 0 Å². The van der Waals surface area contributed by atoms with Crippen molar-refractivity contribution in [1.82, 2.24) is 4.98 Å². The summed E-state index contributed by atoms with van der Waals surface area (Å²) in [6.07, 6.45) is 0. The Balaban J connectivity index is 1.80. The monoisotopic (exact) mass is 429 g/mol. The van der Waals surface area contributed by atoms with E-state index < -0.39 is 10.8 Å². The maximum Gasteiger partial charge on any atom is 0.311 e. The van der Waals surface area contributed by atoms with Gasteiger partial charge in [-0.1, -0.05) is 0 Å². The number of thiazole rings is 1. The molecule has 0 fully saturated rings. The Hall–Kier alpha value is -3.66. The lowest BCUT2D eigenvalue weighted by Gasteiger charge is -2.08. The molecule has 0 saturated carbocycles. The average molecular weight is 429 g/mol. The molecule has 1 aromatic heterocycles. The second-order valence-corrected chi connectivity index (χ2v) is 6.79. The molecule has 1 amide bonds. The summed E-state index contributed by atoms with van der Waals surface area (Å²) < 4.78 is 15.8. The van der Waals surface area contributed by atoms with E-state index in [1.54, 1.807) is 38.7 Å². The molecule has 0 spiro atoms. The van der Waals surface area contributed by atoms with Gasteiger partial charge >= 0.3 is 5.69 Å². The smallest absolute Gasteiger partial charge is 0.311 e. The zero-order chi connectivity index (χ0) is 21.7. The van der Waals surface area contributed by atoms with Crippen LogP contribution in [0.2, 0.25) is 0 Å². The number of hydrogen-bond acceptors (Lipinski definition) is 8. The van der Waals surface area contributed by atoms with E-state index >= 15 is 0 Å². The van der Waals surface area contributed by atoms with Gasteiger partial charge in [-0.2, -0.15) is 0 Å². The largest absolute Gasteiger partial charge is 0.493 e. The first-order valence-electron chi connectivity index (χ1n) is 8.87. The summed E-state index contributed by atoms with van der Waals surface area (Å²) in [5.74, 6) is 0.774. The van der Waals surface area contributed by atoms with Gasteiger partial charge in [-0.05, 0) is 37.3 Å². The minimum absolute atomic E-state index is 0.115. The number of hydrogen-bond donors (Lipinski definition) is 1. The Bertz CT molecular complexity index is 1080. The summed E-state index contributed by atoms with van der Waals surface area (Å²) >= 11 is 1.24. The predicted octanol–water partition coefficient (Wildman–Crippen LogP) is 4.39. The summed E-state index contributed by atoms with van der Waals surface area (Å²) in [7, 11) is 3.10. The van der Waals surface area contributed by atoms with Gasteiger partial charge in [0.2, 0.25) is 0 Å². The fourth-order valence-electron chi connectivity index (χ4n) is 2.71. The predicted molar refractivity (Wildman–Crippen MR) is 113 cm³/mol. The number of rotatable bonds is 8. The van der Waals surface area contributed by atoms with Gasteiger partial charge in [0.15, 0.2) is 22.4 Å². The molecular formula is C20H19N3O6S.